The topological polar surface area (TPSA) is 99.5 Å². The van der Waals surface area contributed by atoms with Crippen LogP contribution in [0.2, 0.25) is 0 Å². The minimum Gasteiger partial charge on any atom is -0.388 e. The van der Waals surface area contributed by atoms with Gasteiger partial charge in [-0.25, -0.2) is 0 Å². The Morgan fingerprint density at radius 3 is 2.39 bits per heavy atom. The predicted octanol–water partition coefficient (Wildman–Crippen LogP) is 0.423. The summed E-state index contributed by atoms with van der Waals surface area (Å²) in [6.45, 7) is 8.97. The van der Waals surface area contributed by atoms with Gasteiger partial charge in [-0.15, -0.1) is 0 Å². The van der Waals surface area contributed by atoms with E-state index in [4.69, 9.17) is 9.47 Å². The molecule has 1 rings (SSSR count). The van der Waals surface area contributed by atoms with Gasteiger partial charge in [0.2, 0.25) is 11.8 Å². The predicted molar refractivity (Wildman–Crippen MR) is 106 cm³/mol. The summed E-state index contributed by atoms with van der Waals surface area (Å²) in [6.07, 6.45) is 1.32. The lowest BCUT2D eigenvalue weighted by molar-refractivity contribution is -0.141. The van der Waals surface area contributed by atoms with E-state index in [0.29, 0.717) is 32.2 Å². The van der Waals surface area contributed by atoms with E-state index in [1.54, 1.807) is 15.9 Å². The van der Waals surface area contributed by atoms with Crippen LogP contribution in [0, 0.1) is 5.92 Å². The van der Waals surface area contributed by atoms with Gasteiger partial charge in [0.1, 0.15) is 18.3 Å². The smallest absolute Gasteiger partial charge is 0.219 e. The Balaban J connectivity index is 2.95. The fourth-order valence-corrected chi connectivity index (χ4v) is 2.80. The number of nitrogens with zero attached hydrogens (tertiary/aromatic N) is 2. The summed E-state index contributed by atoms with van der Waals surface area (Å²) in [6, 6.07) is 0. The van der Waals surface area contributed by atoms with E-state index < -0.39 is 18.3 Å². The first-order valence-electron chi connectivity index (χ1n) is 9.93. The highest BCUT2D eigenvalue weighted by atomic mass is 16.5. The Hall–Kier alpha value is -1.48. The number of amides is 2. The van der Waals surface area contributed by atoms with Crippen LogP contribution in [0.4, 0.5) is 0 Å². The van der Waals surface area contributed by atoms with Crippen molar-refractivity contribution in [3.05, 3.63) is 12.2 Å². The summed E-state index contributed by atoms with van der Waals surface area (Å²) in [5.74, 6) is 0.173. The summed E-state index contributed by atoms with van der Waals surface area (Å²) >= 11 is 0. The maximum atomic E-state index is 12.1. The first-order chi connectivity index (χ1) is 13.2. The summed E-state index contributed by atoms with van der Waals surface area (Å²) in [5.41, 5.74) is 0. The van der Waals surface area contributed by atoms with Crippen LogP contribution in [0.1, 0.15) is 34.1 Å². The largest absolute Gasteiger partial charge is 0.388 e. The molecule has 1 aliphatic heterocycles. The van der Waals surface area contributed by atoms with Gasteiger partial charge in [-0.2, -0.15) is 0 Å². The van der Waals surface area contributed by atoms with Crippen molar-refractivity contribution in [3.63, 3.8) is 0 Å². The van der Waals surface area contributed by atoms with Crippen molar-refractivity contribution in [1.29, 1.82) is 0 Å². The van der Waals surface area contributed by atoms with Crippen molar-refractivity contribution in [2.45, 2.75) is 52.4 Å². The van der Waals surface area contributed by atoms with Gasteiger partial charge in [-0.3, -0.25) is 9.59 Å². The Morgan fingerprint density at radius 2 is 1.79 bits per heavy atom. The average Bonchev–Trinajstić information content (AvgIpc) is 2.62. The molecule has 0 aromatic rings. The van der Waals surface area contributed by atoms with Crippen LogP contribution in [0.15, 0.2) is 12.2 Å². The lowest BCUT2D eigenvalue weighted by Crippen LogP contribution is -2.50. The number of aliphatic hydroxyl groups excluding tert-OH is 2. The molecule has 1 heterocycles. The van der Waals surface area contributed by atoms with Crippen LogP contribution in [0.5, 0.6) is 0 Å². The van der Waals surface area contributed by atoms with Crippen molar-refractivity contribution in [3.8, 4) is 0 Å². The summed E-state index contributed by atoms with van der Waals surface area (Å²) < 4.78 is 11.2. The van der Waals surface area contributed by atoms with E-state index in [2.05, 4.69) is 13.8 Å². The third-order valence-electron chi connectivity index (χ3n) is 4.73. The van der Waals surface area contributed by atoms with E-state index >= 15 is 0 Å². The molecule has 8 heteroatoms. The van der Waals surface area contributed by atoms with Gasteiger partial charge >= 0.3 is 0 Å². The number of carbonyl (C=O) groups is 2. The summed E-state index contributed by atoms with van der Waals surface area (Å²) in [4.78, 5) is 27.1. The Labute approximate surface area is 168 Å². The minimum atomic E-state index is -1.19. The lowest BCUT2D eigenvalue weighted by atomic mass is 10.1. The summed E-state index contributed by atoms with van der Waals surface area (Å²) in [7, 11) is 0. The third-order valence-corrected chi connectivity index (χ3v) is 4.73. The standard InChI is InChI=1S/C20H36N2O6/c1-15(2)7-12-28-19-13-22(17(4)24)10-9-21(16(3)23)8-5-6-11-27-14-18(25)20(19)26/h5-6,15,18-20,25-26H,7-14H2,1-4H3/b6-5+/t18-,19-,20-/m1/s1. The highest BCUT2D eigenvalue weighted by Gasteiger charge is 2.30. The Morgan fingerprint density at radius 1 is 1.14 bits per heavy atom. The van der Waals surface area contributed by atoms with Crippen molar-refractivity contribution in [2.75, 3.05) is 46.0 Å². The highest BCUT2D eigenvalue weighted by molar-refractivity contribution is 5.74. The van der Waals surface area contributed by atoms with E-state index in [-0.39, 0.29) is 31.6 Å². The zero-order valence-electron chi connectivity index (χ0n) is 17.5. The number of carbonyl (C=O) groups excluding carboxylic acids is 2. The van der Waals surface area contributed by atoms with Gasteiger partial charge in [0, 0.05) is 46.6 Å². The average molecular weight is 401 g/mol. The first-order valence-corrected chi connectivity index (χ1v) is 9.93. The van der Waals surface area contributed by atoms with Crippen LogP contribution in [0.25, 0.3) is 0 Å². The molecule has 3 atom stereocenters. The van der Waals surface area contributed by atoms with Crippen molar-refractivity contribution in [2.24, 2.45) is 5.92 Å². The molecule has 2 amide bonds. The van der Waals surface area contributed by atoms with Crippen LogP contribution < -0.4 is 0 Å². The quantitative estimate of drug-likeness (QED) is 0.664. The monoisotopic (exact) mass is 400 g/mol. The second-order valence-corrected chi connectivity index (χ2v) is 7.59. The summed E-state index contributed by atoms with van der Waals surface area (Å²) in [5, 5.41) is 20.8. The van der Waals surface area contributed by atoms with Crippen LogP contribution >= 0.6 is 0 Å². The van der Waals surface area contributed by atoms with E-state index in [1.807, 2.05) is 6.08 Å². The van der Waals surface area contributed by atoms with Gasteiger partial charge in [0.05, 0.1) is 13.2 Å². The molecule has 0 aliphatic carbocycles. The van der Waals surface area contributed by atoms with E-state index in [9.17, 15) is 19.8 Å². The molecule has 0 spiro atoms. The second kappa shape index (κ2) is 12.9. The highest BCUT2D eigenvalue weighted by Crippen LogP contribution is 2.12. The maximum absolute atomic E-state index is 12.1. The van der Waals surface area contributed by atoms with Crippen LogP contribution in [-0.4, -0.2) is 96.1 Å². The fraction of sp³-hybridized carbons (Fsp3) is 0.800. The molecule has 0 aromatic heterocycles. The number of aliphatic hydroxyl groups is 2. The lowest BCUT2D eigenvalue weighted by Gasteiger charge is -2.33. The molecule has 0 radical (unpaired) electrons. The molecular weight excluding hydrogens is 364 g/mol. The first kappa shape index (κ1) is 24.6. The molecule has 1 aliphatic rings. The zero-order valence-corrected chi connectivity index (χ0v) is 17.5. The van der Waals surface area contributed by atoms with E-state index in [0.717, 1.165) is 6.42 Å². The molecule has 0 aromatic carbocycles. The second-order valence-electron chi connectivity index (χ2n) is 7.59. The SMILES string of the molecule is CC(=O)N1C/C=C/COC[C@@H](O)[C@@H](O)[C@H](OCCC(C)C)CN(C(C)=O)CC1. The molecule has 0 bridgehead atoms. The van der Waals surface area contributed by atoms with Gasteiger partial charge < -0.3 is 29.5 Å². The Bertz CT molecular complexity index is 511. The van der Waals surface area contributed by atoms with Crippen LogP contribution in [0.3, 0.4) is 0 Å². The number of hydrogen-bond donors (Lipinski definition) is 2. The van der Waals surface area contributed by atoms with Crippen molar-refractivity contribution in [1.82, 2.24) is 9.80 Å². The van der Waals surface area contributed by atoms with Crippen LogP contribution in [-0.2, 0) is 19.1 Å². The van der Waals surface area contributed by atoms with Crippen molar-refractivity contribution < 1.29 is 29.3 Å². The number of ether oxygens (including phenoxy) is 2. The molecule has 0 fully saturated rings. The van der Waals surface area contributed by atoms with Gasteiger partial charge in [-0.1, -0.05) is 26.0 Å². The molecular formula is C20H36N2O6. The number of hydrogen-bond acceptors (Lipinski definition) is 6. The third kappa shape index (κ3) is 9.14. The molecule has 0 saturated heterocycles. The number of rotatable bonds is 4. The normalized spacial score (nSPS) is 26.8. The minimum absolute atomic E-state index is 0.0496. The molecule has 2 N–H and O–H groups in total. The van der Waals surface area contributed by atoms with E-state index in [1.165, 1.54) is 13.8 Å². The fourth-order valence-electron chi connectivity index (χ4n) is 2.80. The van der Waals surface area contributed by atoms with Crippen molar-refractivity contribution >= 4 is 11.8 Å². The molecule has 8 nitrogen and oxygen atoms in total. The maximum Gasteiger partial charge on any atom is 0.219 e. The molecule has 28 heavy (non-hydrogen) atoms. The van der Waals surface area contributed by atoms with Gasteiger partial charge in [0.15, 0.2) is 0 Å². The van der Waals surface area contributed by atoms with Gasteiger partial charge in [-0.05, 0) is 12.3 Å². The molecule has 0 unspecified atom stereocenters. The molecule has 0 saturated carbocycles. The van der Waals surface area contributed by atoms with Gasteiger partial charge in [0.25, 0.3) is 0 Å². The Kier molecular flexibility index (Phi) is 11.3. The molecule has 162 valence electrons. The zero-order chi connectivity index (χ0) is 21.1.